The number of hydrogen-bond donors (Lipinski definition) is 1. The van der Waals surface area contributed by atoms with Gasteiger partial charge in [-0.2, -0.15) is 0 Å². The van der Waals surface area contributed by atoms with Gasteiger partial charge in [0.2, 0.25) is 10.0 Å². The molecule has 0 heterocycles. The zero-order chi connectivity index (χ0) is 15.1. The van der Waals surface area contributed by atoms with E-state index in [0.29, 0.717) is 6.54 Å². The quantitative estimate of drug-likeness (QED) is 0.799. The Morgan fingerprint density at radius 2 is 1.57 bits per heavy atom. The fourth-order valence-electron chi connectivity index (χ4n) is 1.99. The Balaban J connectivity index is 1.73. The summed E-state index contributed by atoms with van der Waals surface area (Å²) in [5.74, 6) is -0.241. The first kappa shape index (κ1) is 15.7. The molecule has 0 aliphatic heterocycles. The molecular formula is C16H18FNO2S. The molecule has 0 amide bonds. The van der Waals surface area contributed by atoms with Gasteiger partial charge in [-0.05, 0) is 49.1 Å². The molecule has 112 valence electrons. The van der Waals surface area contributed by atoms with Crippen molar-refractivity contribution in [1.29, 1.82) is 0 Å². The van der Waals surface area contributed by atoms with Crippen LogP contribution in [0.1, 0.15) is 18.4 Å². The first-order chi connectivity index (χ1) is 10.1. The summed E-state index contributed by atoms with van der Waals surface area (Å²) < 4.78 is 39.2. The van der Waals surface area contributed by atoms with Gasteiger partial charge in [0.25, 0.3) is 0 Å². The molecule has 0 atom stereocenters. The van der Waals surface area contributed by atoms with Gasteiger partial charge in [-0.15, -0.1) is 0 Å². The summed E-state index contributed by atoms with van der Waals surface area (Å²) in [6.45, 7) is 0.401. The van der Waals surface area contributed by atoms with Gasteiger partial charge in [-0.25, -0.2) is 17.5 Å². The van der Waals surface area contributed by atoms with E-state index in [9.17, 15) is 12.8 Å². The molecule has 0 radical (unpaired) electrons. The Morgan fingerprint density at radius 1 is 0.905 bits per heavy atom. The van der Waals surface area contributed by atoms with Gasteiger partial charge in [0, 0.05) is 6.54 Å². The smallest absolute Gasteiger partial charge is 0.211 e. The van der Waals surface area contributed by atoms with Crippen molar-refractivity contribution in [3.05, 3.63) is 66.0 Å². The summed E-state index contributed by atoms with van der Waals surface area (Å²) in [6.07, 6.45) is 2.40. The van der Waals surface area contributed by atoms with Gasteiger partial charge in [0.1, 0.15) is 5.82 Å². The van der Waals surface area contributed by atoms with Gasteiger partial charge in [0.15, 0.2) is 0 Å². The molecule has 0 saturated heterocycles. The van der Waals surface area contributed by atoms with Crippen LogP contribution in [0.25, 0.3) is 0 Å². The van der Waals surface area contributed by atoms with Crippen molar-refractivity contribution in [3.8, 4) is 0 Å². The van der Waals surface area contributed by atoms with Crippen molar-refractivity contribution in [2.24, 2.45) is 0 Å². The fourth-order valence-corrected chi connectivity index (χ4v) is 3.09. The molecule has 0 bridgehead atoms. The van der Waals surface area contributed by atoms with Crippen molar-refractivity contribution in [3.63, 3.8) is 0 Å². The summed E-state index contributed by atoms with van der Waals surface area (Å²) >= 11 is 0. The third-order valence-electron chi connectivity index (χ3n) is 3.15. The van der Waals surface area contributed by atoms with Crippen molar-refractivity contribution >= 4 is 10.0 Å². The van der Waals surface area contributed by atoms with Crippen LogP contribution in [-0.2, 0) is 16.4 Å². The minimum absolute atomic E-state index is 0.241. The van der Waals surface area contributed by atoms with E-state index >= 15 is 0 Å². The second kappa shape index (κ2) is 7.33. The van der Waals surface area contributed by atoms with Gasteiger partial charge in [-0.3, -0.25) is 0 Å². The Hall–Kier alpha value is -1.72. The molecule has 0 fully saturated rings. The molecule has 0 aliphatic carbocycles. The van der Waals surface area contributed by atoms with Crippen LogP contribution in [0.15, 0.2) is 59.5 Å². The fraction of sp³-hybridized carbons (Fsp3) is 0.250. The van der Waals surface area contributed by atoms with Crippen LogP contribution in [0.3, 0.4) is 0 Å². The lowest BCUT2D eigenvalue weighted by Gasteiger charge is -2.06. The first-order valence-corrected chi connectivity index (χ1v) is 8.35. The highest BCUT2D eigenvalue weighted by Gasteiger charge is 2.11. The van der Waals surface area contributed by atoms with Gasteiger partial charge < -0.3 is 0 Å². The van der Waals surface area contributed by atoms with Crippen LogP contribution in [0.5, 0.6) is 0 Å². The van der Waals surface area contributed by atoms with Crippen LogP contribution in [0.2, 0.25) is 0 Å². The maximum absolute atomic E-state index is 12.7. The van der Waals surface area contributed by atoms with Crippen LogP contribution in [-0.4, -0.2) is 15.0 Å². The van der Waals surface area contributed by atoms with Gasteiger partial charge in [-0.1, -0.05) is 30.3 Å². The largest absolute Gasteiger partial charge is 0.240 e. The van der Waals surface area contributed by atoms with Crippen molar-refractivity contribution in [2.75, 3.05) is 6.54 Å². The van der Waals surface area contributed by atoms with E-state index in [1.54, 1.807) is 42.5 Å². The molecular weight excluding hydrogens is 289 g/mol. The van der Waals surface area contributed by atoms with E-state index < -0.39 is 10.0 Å². The van der Waals surface area contributed by atoms with E-state index in [1.807, 2.05) is 0 Å². The third kappa shape index (κ3) is 4.95. The number of rotatable bonds is 7. The first-order valence-electron chi connectivity index (χ1n) is 6.87. The van der Waals surface area contributed by atoms with Crippen molar-refractivity contribution in [1.82, 2.24) is 4.72 Å². The predicted octanol–water partition coefficient (Wildman–Crippen LogP) is 3.13. The van der Waals surface area contributed by atoms with E-state index in [-0.39, 0.29) is 10.7 Å². The Morgan fingerprint density at radius 3 is 2.24 bits per heavy atom. The number of benzene rings is 2. The lowest BCUT2D eigenvalue weighted by atomic mass is 10.1. The van der Waals surface area contributed by atoms with Crippen molar-refractivity contribution < 1.29 is 12.8 Å². The van der Waals surface area contributed by atoms with E-state index in [2.05, 4.69) is 4.72 Å². The van der Waals surface area contributed by atoms with Crippen molar-refractivity contribution in [2.45, 2.75) is 24.2 Å². The number of sulfonamides is 1. The number of halogens is 1. The second-order valence-electron chi connectivity index (χ2n) is 4.79. The van der Waals surface area contributed by atoms with E-state index in [0.717, 1.165) is 24.8 Å². The monoisotopic (exact) mass is 307 g/mol. The average Bonchev–Trinajstić information content (AvgIpc) is 2.50. The topological polar surface area (TPSA) is 46.2 Å². The SMILES string of the molecule is O=S(=O)(NCCCCc1ccc(F)cc1)c1ccccc1. The maximum Gasteiger partial charge on any atom is 0.240 e. The van der Waals surface area contributed by atoms with E-state index in [4.69, 9.17) is 0 Å². The van der Waals surface area contributed by atoms with Crippen LogP contribution >= 0.6 is 0 Å². The standard InChI is InChI=1S/C16H18FNO2S/c17-15-11-9-14(10-12-15)6-4-5-13-18-21(19,20)16-7-2-1-3-8-16/h1-3,7-12,18H,4-6,13H2. The lowest BCUT2D eigenvalue weighted by molar-refractivity contribution is 0.576. The summed E-state index contributed by atoms with van der Waals surface area (Å²) in [7, 11) is -3.41. The predicted molar refractivity (Wildman–Crippen MR) is 81.0 cm³/mol. The molecule has 0 saturated carbocycles. The number of hydrogen-bond acceptors (Lipinski definition) is 2. The minimum atomic E-state index is -3.41. The molecule has 5 heteroatoms. The molecule has 0 unspecified atom stereocenters. The zero-order valence-electron chi connectivity index (χ0n) is 11.6. The summed E-state index contributed by atoms with van der Waals surface area (Å²) in [6, 6.07) is 14.7. The minimum Gasteiger partial charge on any atom is -0.211 e. The number of unbranched alkanes of at least 4 members (excludes halogenated alkanes) is 1. The molecule has 21 heavy (non-hydrogen) atoms. The Kier molecular flexibility index (Phi) is 5.47. The summed E-state index contributed by atoms with van der Waals surface area (Å²) in [4.78, 5) is 0.281. The summed E-state index contributed by atoms with van der Waals surface area (Å²) in [5.41, 5.74) is 1.06. The maximum atomic E-state index is 12.7. The number of aryl methyl sites for hydroxylation is 1. The molecule has 2 aromatic carbocycles. The molecule has 1 N–H and O–H groups in total. The number of nitrogens with one attached hydrogen (secondary N) is 1. The van der Waals surface area contributed by atoms with Gasteiger partial charge in [0.05, 0.1) is 4.90 Å². The third-order valence-corrected chi connectivity index (χ3v) is 4.63. The Labute approximate surface area is 124 Å². The molecule has 0 aliphatic rings. The van der Waals surface area contributed by atoms with E-state index in [1.165, 1.54) is 12.1 Å². The normalized spacial score (nSPS) is 11.5. The highest BCUT2D eigenvalue weighted by atomic mass is 32.2. The summed E-state index contributed by atoms with van der Waals surface area (Å²) in [5, 5.41) is 0. The molecule has 2 rings (SSSR count). The Bertz CT molecular complexity index is 654. The zero-order valence-corrected chi connectivity index (χ0v) is 12.4. The highest BCUT2D eigenvalue weighted by Crippen LogP contribution is 2.09. The molecule has 0 aromatic heterocycles. The second-order valence-corrected chi connectivity index (χ2v) is 6.56. The van der Waals surface area contributed by atoms with Crippen LogP contribution < -0.4 is 4.72 Å². The highest BCUT2D eigenvalue weighted by molar-refractivity contribution is 7.89. The average molecular weight is 307 g/mol. The van der Waals surface area contributed by atoms with Crippen LogP contribution in [0.4, 0.5) is 4.39 Å². The van der Waals surface area contributed by atoms with Crippen LogP contribution in [0, 0.1) is 5.82 Å². The lowest BCUT2D eigenvalue weighted by Crippen LogP contribution is -2.24. The molecule has 0 spiro atoms. The van der Waals surface area contributed by atoms with Gasteiger partial charge >= 0.3 is 0 Å². The molecule has 2 aromatic rings. The molecule has 3 nitrogen and oxygen atoms in total.